The molecule has 5 rings (SSSR count). The first kappa shape index (κ1) is 18.5. The summed E-state index contributed by atoms with van der Waals surface area (Å²) in [7, 11) is 0. The van der Waals surface area contributed by atoms with Crippen molar-refractivity contribution in [2.75, 3.05) is 5.73 Å². The van der Waals surface area contributed by atoms with Crippen molar-refractivity contribution in [1.82, 2.24) is 8.75 Å². The molecular formula is C20H14ClN3O2S2. The van der Waals surface area contributed by atoms with E-state index in [1.807, 2.05) is 30.5 Å². The molecule has 5 nitrogen and oxygen atoms in total. The Bertz CT molecular complexity index is 1250. The Morgan fingerprint density at radius 3 is 2.25 bits per heavy atom. The topological polar surface area (TPSA) is 81.3 Å². The zero-order valence-corrected chi connectivity index (χ0v) is 16.8. The van der Waals surface area contributed by atoms with Gasteiger partial charge >= 0.3 is 0 Å². The number of phenolic OH excluding ortho intramolecular Hbond substituents is 1. The Labute approximate surface area is 173 Å². The van der Waals surface area contributed by atoms with Crippen molar-refractivity contribution >= 4 is 60.5 Å². The van der Waals surface area contributed by atoms with Gasteiger partial charge in [-0.25, -0.2) is 0 Å². The molecule has 3 aromatic carbocycles. The number of hydrogen-bond acceptors (Lipinski definition) is 7. The number of fused-ring (bicyclic) bond motifs is 2. The molecule has 3 N–H and O–H groups in total. The van der Waals surface area contributed by atoms with Gasteiger partial charge in [0.1, 0.15) is 17.2 Å². The number of halogens is 1. The third-order valence-electron chi connectivity index (χ3n) is 3.85. The molecule has 0 unspecified atom stereocenters. The number of rotatable bonds is 2. The van der Waals surface area contributed by atoms with Gasteiger partial charge < -0.3 is 15.6 Å². The molecule has 5 aromatic rings. The highest BCUT2D eigenvalue weighted by molar-refractivity contribution is 7.13. The van der Waals surface area contributed by atoms with Crippen molar-refractivity contribution in [3.8, 4) is 17.2 Å². The zero-order chi connectivity index (χ0) is 19.5. The van der Waals surface area contributed by atoms with Gasteiger partial charge in [-0.2, -0.15) is 8.75 Å². The first-order chi connectivity index (χ1) is 13.6. The third-order valence-corrected chi connectivity index (χ3v) is 5.67. The highest BCUT2D eigenvalue weighted by Crippen LogP contribution is 2.32. The zero-order valence-electron chi connectivity index (χ0n) is 14.4. The summed E-state index contributed by atoms with van der Waals surface area (Å²) in [6.07, 6.45) is 3.62. The van der Waals surface area contributed by atoms with E-state index in [2.05, 4.69) is 8.75 Å². The molecule has 2 aromatic heterocycles. The molecule has 28 heavy (non-hydrogen) atoms. The van der Waals surface area contributed by atoms with E-state index >= 15 is 0 Å². The lowest BCUT2D eigenvalue weighted by Crippen LogP contribution is -1.88. The van der Waals surface area contributed by atoms with Crippen molar-refractivity contribution in [2.45, 2.75) is 0 Å². The molecule has 0 bridgehead atoms. The molecule has 140 valence electrons. The quantitative estimate of drug-likeness (QED) is 0.322. The summed E-state index contributed by atoms with van der Waals surface area (Å²) in [6.45, 7) is 0. The van der Waals surface area contributed by atoms with Gasteiger partial charge in [0.15, 0.2) is 0 Å². The average Bonchev–Trinajstić information content (AvgIpc) is 3.32. The summed E-state index contributed by atoms with van der Waals surface area (Å²) < 4.78 is 15.9. The summed E-state index contributed by atoms with van der Waals surface area (Å²) in [5, 5.41) is 11.7. The van der Waals surface area contributed by atoms with Gasteiger partial charge in [-0.1, -0.05) is 11.6 Å². The number of aromatic nitrogens is 2. The van der Waals surface area contributed by atoms with Gasteiger partial charge in [0.05, 0.1) is 14.4 Å². The Hall–Kier alpha value is -2.87. The van der Waals surface area contributed by atoms with Crippen LogP contribution in [0.4, 0.5) is 5.69 Å². The second-order valence-corrected chi connectivity index (χ2v) is 7.94. The van der Waals surface area contributed by atoms with E-state index in [4.69, 9.17) is 27.2 Å². The number of nitrogen functional groups attached to an aromatic ring is 1. The Balaban J connectivity index is 0.000000162. The molecule has 0 atom stereocenters. The number of hydrogen-bond donors (Lipinski definition) is 2. The summed E-state index contributed by atoms with van der Waals surface area (Å²) >= 11 is 8.89. The minimum absolute atomic E-state index is 0.303. The smallest absolute Gasteiger partial charge is 0.146 e. The average molecular weight is 428 g/mol. The Morgan fingerprint density at radius 1 is 0.857 bits per heavy atom. The second kappa shape index (κ2) is 8.02. The molecule has 0 aliphatic heterocycles. The first-order valence-corrected chi connectivity index (χ1v) is 10.1. The van der Waals surface area contributed by atoms with Crippen LogP contribution in [0, 0.1) is 0 Å². The number of anilines is 1. The number of benzene rings is 3. The molecule has 0 aliphatic rings. The van der Waals surface area contributed by atoms with E-state index in [1.165, 1.54) is 23.1 Å². The lowest BCUT2D eigenvalue weighted by molar-refractivity contribution is 0.476. The summed E-state index contributed by atoms with van der Waals surface area (Å²) in [5.41, 5.74) is 6.25. The maximum atomic E-state index is 9.03. The van der Waals surface area contributed by atoms with Crippen LogP contribution < -0.4 is 10.5 Å². The summed E-state index contributed by atoms with van der Waals surface area (Å²) in [4.78, 5) is 0. The number of ether oxygens (including phenoxy) is 1. The summed E-state index contributed by atoms with van der Waals surface area (Å²) in [6, 6.07) is 16.2. The van der Waals surface area contributed by atoms with Crippen molar-refractivity contribution < 1.29 is 9.84 Å². The molecule has 0 spiro atoms. The molecule has 0 saturated heterocycles. The van der Waals surface area contributed by atoms with Crippen LogP contribution in [-0.4, -0.2) is 13.9 Å². The van der Waals surface area contributed by atoms with Crippen LogP contribution >= 0.6 is 34.7 Å². The summed E-state index contributed by atoms with van der Waals surface area (Å²) in [5.74, 6) is 1.63. The lowest BCUT2D eigenvalue weighted by atomic mass is 10.2. The first-order valence-electron chi connectivity index (χ1n) is 8.19. The van der Waals surface area contributed by atoms with Gasteiger partial charge in [0.2, 0.25) is 0 Å². The van der Waals surface area contributed by atoms with Gasteiger partial charge in [-0.3, -0.25) is 0 Å². The normalized spacial score (nSPS) is 10.6. The van der Waals surface area contributed by atoms with E-state index in [0.717, 1.165) is 25.9 Å². The van der Waals surface area contributed by atoms with E-state index in [1.54, 1.807) is 36.5 Å². The van der Waals surface area contributed by atoms with Crippen LogP contribution in [0.2, 0.25) is 5.02 Å². The standard InChI is InChI=1S/C13H9ClN2OS.C7H5NOS/c14-11-5-9(15)2-4-12(11)17-10-3-1-8-7-16-18-13(8)6-10;9-6-2-1-5-4-8-10-7(5)3-6/h1-7H,15H2;1-4,9H. The van der Waals surface area contributed by atoms with Crippen molar-refractivity contribution in [3.05, 3.63) is 72.0 Å². The van der Waals surface area contributed by atoms with Crippen molar-refractivity contribution in [1.29, 1.82) is 0 Å². The van der Waals surface area contributed by atoms with Gasteiger partial charge in [-0.05, 0) is 71.6 Å². The molecule has 0 radical (unpaired) electrons. The molecule has 2 heterocycles. The van der Waals surface area contributed by atoms with E-state index in [9.17, 15) is 0 Å². The maximum Gasteiger partial charge on any atom is 0.146 e. The predicted molar refractivity (Wildman–Crippen MR) is 117 cm³/mol. The lowest BCUT2D eigenvalue weighted by Gasteiger charge is -2.07. The van der Waals surface area contributed by atoms with Crippen LogP contribution in [-0.2, 0) is 0 Å². The predicted octanol–water partition coefficient (Wildman–Crippen LogP) is 6.33. The molecule has 8 heteroatoms. The van der Waals surface area contributed by atoms with E-state index in [0.29, 0.717) is 22.2 Å². The fourth-order valence-electron chi connectivity index (χ4n) is 2.48. The second-order valence-electron chi connectivity index (χ2n) is 5.87. The maximum absolute atomic E-state index is 9.03. The third kappa shape index (κ3) is 4.17. The molecule has 0 amide bonds. The van der Waals surface area contributed by atoms with E-state index < -0.39 is 0 Å². The number of phenols is 1. The fraction of sp³-hybridized carbons (Fsp3) is 0. The van der Waals surface area contributed by atoms with Gasteiger partial charge in [-0.15, -0.1) is 0 Å². The van der Waals surface area contributed by atoms with Crippen LogP contribution in [0.5, 0.6) is 17.2 Å². The van der Waals surface area contributed by atoms with Gasteiger partial charge in [0.25, 0.3) is 0 Å². The Kier molecular flexibility index (Phi) is 5.29. The van der Waals surface area contributed by atoms with Crippen LogP contribution in [0.15, 0.2) is 67.0 Å². The SMILES string of the molecule is Nc1ccc(Oc2ccc3cnsc3c2)c(Cl)c1.Oc1ccc2cnsc2c1. The van der Waals surface area contributed by atoms with Crippen LogP contribution in [0.25, 0.3) is 20.2 Å². The van der Waals surface area contributed by atoms with E-state index in [-0.39, 0.29) is 0 Å². The minimum atomic E-state index is 0.303. The molecule has 0 aliphatic carbocycles. The minimum Gasteiger partial charge on any atom is -0.508 e. The number of aromatic hydroxyl groups is 1. The van der Waals surface area contributed by atoms with Crippen molar-refractivity contribution in [3.63, 3.8) is 0 Å². The molecule has 0 fully saturated rings. The fourth-order valence-corrected chi connectivity index (χ4v) is 4.06. The highest BCUT2D eigenvalue weighted by Gasteiger charge is 2.05. The monoisotopic (exact) mass is 427 g/mol. The van der Waals surface area contributed by atoms with Gasteiger partial charge in [0, 0.05) is 34.9 Å². The largest absolute Gasteiger partial charge is 0.508 e. The van der Waals surface area contributed by atoms with Crippen LogP contribution in [0.1, 0.15) is 0 Å². The highest BCUT2D eigenvalue weighted by atomic mass is 35.5. The number of nitrogens with zero attached hydrogens (tertiary/aromatic N) is 2. The van der Waals surface area contributed by atoms with Crippen molar-refractivity contribution in [2.24, 2.45) is 0 Å². The molecular weight excluding hydrogens is 414 g/mol. The Morgan fingerprint density at radius 2 is 1.54 bits per heavy atom. The van der Waals surface area contributed by atoms with Crippen LogP contribution in [0.3, 0.4) is 0 Å². The molecule has 0 saturated carbocycles. The number of nitrogens with two attached hydrogens (primary N) is 1.